The molecule has 2 heterocycles. The second-order valence-corrected chi connectivity index (χ2v) is 6.04. The Bertz CT molecular complexity index is 492. The van der Waals surface area contributed by atoms with Gasteiger partial charge < -0.3 is 20.5 Å². The molecule has 7 heteroatoms. The summed E-state index contributed by atoms with van der Waals surface area (Å²) in [6, 6.07) is -0.340. The van der Waals surface area contributed by atoms with Crippen molar-refractivity contribution in [3.63, 3.8) is 0 Å². The van der Waals surface area contributed by atoms with E-state index in [0.29, 0.717) is 19.0 Å². The minimum absolute atomic E-state index is 0.00949. The number of imidazole rings is 1. The van der Waals surface area contributed by atoms with Gasteiger partial charge in [0.15, 0.2) is 0 Å². The van der Waals surface area contributed by atoms with E-state index in [1.165, 1.54) is 0 Å². The van der Waals surface area contributed by atoms with E-state index in [4.69, 9.17) is 5.73 Å². The fraction of sp³-hybridized carbons (Fsp3) is 0.667. The van der Waals surface area contributed by atoms with Crippen LogP contribution in [-0.4, -0.2) is 51.4 Å². The molecule has 0 aromatic carbocycles. The van der Waals surface area contributed by atoms with E-state index in [9.17, 15) is 9.59 Å². The summed E-state index contributed by atoms with van der Waals surface area (Å²) >= 11 is 0. The van der Waals surface area contributed by atoms with Crippen LogP contribution in [0, 0.1) is 5.92 Å². The van der Waals surface area contributed by atoms with Gasteiger partial charge in [-0.1, -0.05) is 0 Å². The lowest BCUT2D eigenvalue weighted by atomic mass is 9.90. The molecule has 0 bridgehead atoms. The van der Waals surface area contributed by atoms with Crippen LogP contribution in [0.25, 0.3) is 0 Å². The molecule has 1 aromatic rings. The first-order valence-electron chi connectivity index (χ1n) is 7.77. The molecule has 1 aliphatic rings. The van der Waals surface area contributed by atoms with Crippen LogP contribution in [0.2, 0.25) is 0 Å². The van der Waals surface area contributed by atoms with Crippen LogP contribution < -0.4 is 11.1 Å². The van der Waals surface area contributed by atoms with Crippen molar-refractivity contribution in [2.24, 2.45) is 11.7 Å². The zero-order chi connectivity index (χ0) is 16.1. The number of rotatable bonds is 5. The van der Waals surface area contributed by atoms with E-state index in [-0.39, 0.29) is 24.4 Å². The molecule has 0 spiro atoms. The van der Waals surface area contributed by atoms with E-state index in [1.54, 1.807) is 30.2 Å². The predicted molar refractivity (Wildman–Crippen MR) is 82.8 cm³/mol. The molecule has 2 amide bonds. The Balaban J connectivity index is 1.76. The Kier molecular flexibility index (Phi) is 5.54. The smallest absolute Gasteiger partial charge is 0.240 e. The van der Waals surface area contributed by atoms with Gasteiger partial charge in [0, 0.05) is 31.5 Å². The van der Waals surface area contributed by atoms with Crippen molar-refractivity contribution in [1.29, 1.82) is 0 Å². The quantitative estimate of drug-likeness (QED) is 0.799. The molecule has 22 heavy (non-hydrogen) atoms. The highest BCUT2D eigenvalue weighted by molar-refractivity contribution is 5.81. The van der Waals surface area contributed by atoms with Crippen LogP contribution in [0.1, 0.15) is 26.7 Å². The summed E-state index contributed by atoms with van der Waals surface area (Å²) in [5.41, 5.74) is 5.64. The first-order chi connectivity index (χ1) is 10.5. The first kappa shape index (κ1) is 16.5. The molecule has 0 radical (unpaired) electrons. The van der Waals surface area contributed by atoms with Crippen LogP contribution >= 0.6 is 0 Å². The van der Waals surface area contributed by atoms with Gasteiger partial charge in [-0.2, -0.15) is 0 Å². The number of carbonyl (C=O) groups is 2. The third-order valence-electron chi connectivity index (χ3n) is 4.22. The molecule has 122 valence electrons. The molecule has 7 nitrogen and oxygen atoms in total. The van der Waals surface area contributed by atoms with Crippen LogP contribution in [-0.2, 0) is 16.1 Å². The summed E-state index contributed by atoms with van der Waals surface area (Å²) < 4.78 is 1.74. The van der Waals surface area contributed by atoms with Crippen molar-refractivity contribution in [3.05, 3.63) is 18.7 Å². The summed E-state index contributed by atoms with van der Waals surface area (Å²) in [5, 5.41) is 3.04. The Morgan fingerprint density at radius 3 is 2.59 bits per heavy atom. The van der Waals surface area contributed by atoms with Gasteiger partial charge in [-0.15, -0.1) is 0 Å². The van der Waals surface area contributed by atoms with E-state index in [2.05, 4.69) is 10.3 Å². The topological polar surface area (TPSA) is 93.3 Å². The molecular formula is C15H25N5O2. The number of likely N-dealkylation sites (tertiary alicyclic amines) is 1. The highest BCUT2D eigenvalue weighted by atomic mass is 16.2. The van der Waals surface area contributed by atoms with Gasteiger partial charge in [-0.3, -0.25) is 9.59 Å². The van der Waals surface area contributed by atoms with Crippen molar-refractivity contribution < 1.29 is 9.59 Å². The molecule has 2 atom stereocenters. The van der Waals surface area contributed by atoms with E-state index >= 15 is 0 Å². The maximum absolute atomic E-state index is 12.0. The molecular weight excluding hydrogens is 282 g/mol. The fourth-order valence-corrected chi connectivity index (χ4v) is 2.87. The Labute approximate surface area is 130 Å². The van der Waals surface area contributed by atoms with Gasteiger partial charge >= 0.3 is 0 Å². The SMILES string of the molecule is CC(N)C(=O)N1CCC(C(C)NC(=O)Cn2ccnc2)CC1. The third kappa shape index (κ3) is 4.30. The molecule has 1 fully saturated rings. The molecule has 3 N–H and O–H groups in total. The standard InChI is InChI=1S/C15H25N5O2/c1-11(16)15(22)20-6-3-13(4-7-20)12(2)18-14(21)9-19-8-5-17-10-19/h5,8,10-13H,3-4,6-7,9,16H2,1-2H3,(H,18,21). The number of aromatic nitrogens is 2. The number of amides is 2. The lowest BCUT2D eigenvalue weighted by molar-refractivity contribution is -0.134. The molecule has 1 saturated heterocycles. The first-order valence-corrected chi connectivity index (χ1v) is 7.77. The second-order valence-electron chi connectivity index (χ2n) is 6.04. The number of nitrogens with one attached hydrogen (secondary N) is 1. The highest BCUT2D eigenvalue weighted by Gasteiger charge is 2.28. The van der Waals surface area contributed by atoms with E-state index in [0.717, 1.165) is 12.8 Å². The van der Waals surface area contributed by atoms with Crippen molar-refractivity contribution in [3.8, 4) is 0 Å². The Morgan fingerprint density at radius 2 is 2.05 bits per heavy atom. The minimum Gasteiger partial charge on any atom is -0.352 e. The number of hydrogen-bond donors (Lipinski definition) is 2. The molecule has 0 aliphatic carbocycles. The monoisotopic (exact) mass is 307 g/mol. The molecule has 0 saturated carbocycles. The van der Waals surface area contributed by atoms with E-state index < -0.39 is 6.04 Å². The van der Waals surface area contributed by atoms with Gasteiger partial charge in [0.1, 0.15) is 6.54 Å². The third-order valence-corrected chi connectivity index (χ3v) is 4.22. The number of piperidine rings is 1. The fourth-order valence-electron chi connectivity index (χ4n) is 2.87. The van der Waals surface area contributed by atoms with Gasteiger partial charge in [0.05, 0.1) is 12.4 Å². The number of hydrogen-bond acceptors (Lipinski definition) is 4. The van der Waals surface area contributed by atoms with E-state index in [1.807, 2.05) is 11.8 Å². The Morgan fingerprint density at radius 1 is 1.36 bits per heavy atom. The molecule has 2 rings (SSSR count). The van der Waals surface area contributed by atoms with Gasteiger partial charge in [0.2, 0.25) is 11.8 Å². The summed E-state index contributed by atoms with van der Waals surface area (Å²) in [7, 11) is 0. The van der Waals surface area contributed by atoms with Crippen LogP contribution in [0.5, 0.6) is 0 Å². The summed E-state index contributed by atoms with van der Waals surface area (Å²) in [6.45, 7) is 5.46. The lowest BCUT2D eigenvalue weighted by Gasteiger charge is -2.35. The van der Waals surface area contributed by atoms with Crippen molar-refractivity contribution in [2.45, 2.75) is 45.3 Å². The maximum Gasteiger partial charge on any atom is 0.240 e. The van der Waals surface area contributed by atoms with Crippen LogP contribution in [0.15, 0.2) is 18.7 Å². The average Bonchev–Trinajstić information content (AvgIpc) is 2.99. The summed E-state index contributed by atoms with van der Waals surface area (Å²) in [4.78, 5) is 29.6. The summed E-state index contributed by atoms with van der Waals surface area (Å²) in [5.74, 6) is 0.388. The lowest BCUT2D eigenvalue weighted by Crippen LogP contribution is -2.49. The molecule has 1 aromatic heterocycles. The predicted octanol–water partition coefficient (Wildman–Crippen LogP) is -0.0264. The van der Waals surface area contributed by atoms with Gasteiger partial charge in [-0.25, -0.2) is 4.98 Å². The van der Waals surface area contributed by atoms with Crippen LogP contribution in [0.4, 0.5) is 0 Å². The second kappa shape index (κ2) is 7.40. The minimum atomic E-state index is -0.441. The van der Waals surface area contributed by atoms with Crippen molar-refractivity contribution >= 4 is 11.8 Å². The number of nitrogens with two attached hydrogens (primary N) is 1. The largest absolute Gasteiger partial charge is 0.352 e. The van der Waals surface area contributed by atoms with Gasteiger partial charge in [-0.05, 0) is 32.6 Å². The van der Waals surface area contributed by atoms with Crippen molar-refractivity contribution in [1.82, 2.24) is 19.8 Å². The summed E-state index contributed by atoms with van der Waals surface area (Å²) in [6.07, 6.45) is 6.84. The normalized spacial score (nSPS) is 18.8. The maximum atomic E-state index is 12.0. The average molecular weight is 307 g/mol. The molecule has 2 unspecified atom stereocenters. The number of nitrogens with zero attached hydrogens (tertiary/aromatic N) is 3. The van der Waals surface area contributed by atoms with Crippen LogP contribution in [0.3, 0.4) is 0 Å². The zero-order valence-electron chi connectivity index (χ0n) is 13.2. The number of carbonyl (C=O) groups excluding carboxylic acids is 2. The zero-order valence-corrected chi connectivity index (χ0v) is 13.2. The highest BCUT2D eigenvalue weighted by Crippen LogP contribution is 2.21. The van der Waals surface area contributed by atoms with Crippen molar-refractivity contribution in [2.75, 3.05) is 13.1 Å². The van der Waals surface area contributed by atoms with Gasteiger partial charge in [0.25, 0.3) is 0 Å². The molecule has 1 aliphatic heterocycles. The Hall–Kier alpha value is -1.89.